The van der Waals surface area contributed by atoms with E-state index in [0.29, 0.717) is 6.42 Å². The van der Waals surface area contributed by atoms with Gasteiger partial charge in [-0.3, -0.25) is 4.79 Å². The lowest BCUT2D eigenvalue weighted by atomic mass is 10.2. The molecule has 0 fully saturated rings. The second-order valence-electron chi connectivity index (χ2n) is 4.13. The van der Waals surface area contributed by atoms with Gasteiger partial charge in [0.1, 0.15) is 11.4 Å². The lowest BCUT2D eigenvalue weighted by molar-refractivity contribution is -0.137. The van der Waals surface area contributed by atoms with Gasteiger partial charge in [-0.1, -0.05) is 30.7 Å². The molecule has 0 bridgehead atoms. The van der Waals surface area contributed by atoms with E-state index in [9.17, 15) is 13.2 Å². The predicted molar refractivity (Wildman–Crippen MR) is 72.7 cm³/mol. The van der Waals surface area contributed by atoms with Gasteiger partial charge in [-0.2, -0.15) is 4.31 Å². The molecule has 7 heteroatoms. The summed E-state index contributed by atoms with van der Waals surface area (Å²) in [6, 6.07) is 5.58. The van der Waals surface area contributed by atoms with Crippen molar-refractivity contribution in [1.82, 2.24) is 4.31 Å². The molecule has 0 saturated heterocycles. The van der Waals surface area contributed by atoms with Gasteiger partial charge in [0.2, 0.25) is 10.0 Å². The van der Waals surface area contributed by atoms with Crippen LogP contribution in [0, 0.1) is 0 Å². The lowest BCUT2D eigenvalue weighted by Gasteiger charge is -2.26. The largest absolute Gasteiger partial charge is 0.480 e. The normalized spacial score (nSPS) is 13.5. The summed E-state index contributed by atoms with van der Waals surface area (Å²) in [7, 11) is -3.92. The van der Waals surface area contributed by atoms with Gasteiger partial charge < -0.3 is 5.11 Å². The predicted octanol–water partition coefficient (Wildman–Crippen LogP) is 2.21. The summed E-state index contributed by atoms with van der Waals surface area (Å²) in [5, 5.41) is 8.95. The molecule has 106 valence electrons. The summed E-state index contributed by atoms with van der Waals surface area (Å²) >= 11 is 5.88. The van der Waals surface area contributed by atoms with Crippen LogP contribution in [-0.2, 0) is 14.8 Å². The van der Waals surface area contributed by atoms with E-state index < -0.39 is 28.6 Å². The number of hydrogen-bond donors (Lipinski definition) is 1. The maximum atomic E-state index is 12.5. The van der Waals surface area contributed by atoms with Crippen LogP contribution in [-0.4, -0.2) is 36.4 Å². The minimum absolute atomic E-state index is 0.0711. The van der Waals surface area contributed by atoms with Gasteiger partial charge in [0, 0.05) is 6.04 Å². The van der Waals surface area contributed by atoms with Gasteiger partial charge in [-0.05, 0) is 25.5 Å². The molecule has 1 aromatic rings. The lowest BCUT2D eigenvalue weighted by Crippen LogP contribution is -2.41. The van der Waals surface area contributed by atoms with E-state index in [1.807, 2.05) is 0 Å². The molecule has 0 aliphatic heterocycles. The van der Waals surface area contributed by atoms with Crippen molar-refractivity contribution in [1.29, 1.82) is 0 Å². The van der Waals surface area contributed by atoms with Gasteiger partial charge in [0.25, 0.3) is 0 Å². The van der Waals surface area contributed by atoms with Crippen LogP contribution in [0.3, 0.4) is 0 Å². The second-order valence-corrected chi connectivity index (χ2v) is 6.40. The van der Waals surface area contributed by atoms with Crippen molar-refractivity contribution in [2.75, 3.05) is 6.54 Å². The molecule has 1 N–H and O–H groups in total. The number of halogens is 1. The molecule has 0 saturated carbocycles. The van der Waals surface area contributed by atoms with E-state index in [0.717, 1.165) is 4.31 Å². The number of rotatable bonds is 6. The van der Waals surface area contributed by atoms with E-state index in [1.165, 1.54) is 12.1 Å². The summed E-state index contributed by atoms with van der Waals surface area (Å²) in [6.07, 6.45) is 0.511. The summed E-state index contributed by atoms with van der Waals surface area (Å²) < 4.78 is 25.9. The summed E-state index contributed by atoms with van der Waals surface area (Å²) in [5.74, 6) is -1.20. The van der Waals surface area contributed by atoms with Crippen LogP contribution in [0.2, 0.25) is 5.02 Å². The molecule has 19 heavy (non-hydrogen) atoms. The number of hydrogen-bond acceptors (Lipinski definition) is 3. The molecule has 5 nitrogen and oxygen atoms in total. The molecule has 0 radical (unpaired) electrons. The van der Waals surface area contributed by atoms with Crippen LogP contribution < -0.4 is 0 Å². The molecule has 1 aromatic carbocycles. The zero-order valence-electron chi connectivity index (χ0n) is 10.7. The first-order chi connectivity index (χ1) is 8.80. The van der Waals surface area contributed by atoms with Crippen molar-refractivity contribution in [3.8, 4) is 0 Å². The third kappa shape index (κ3) is 3.68. The van der Waals surface area contributed by atoms with Crippen LogP contribution in [0.1, 0.15) is 20.3 Å². The first-order valence-electron chi connectivity index (χ1n) is 5.78. The van der Waals surface area contributed by atoms with Crippen molar-refractivity contribution in [2.24, 2.45) is 0 Å². The fourth-order valence-corrected chi connectivity index (χ4v) is 3.74. The van der Waals surface area contributed by atoms with Gasteiger partial charge in [0.05, 0.1) is 5.02 Å². The zero-order chi connectivity index (χ0) is 14.6. The Kier molecular flexibility index (Phi) is 5.34. The minimum atomic E-state index is -3.92. The van der Waals surface area contributed by atoms with Crippen molar-refractivity contribution < 1.29 is 18.3 Å². The van der Waals surface area contributed by atoms with Crippen LogP contribution >= 0.6 is 11.6 Å². The Morgan fingerprint density at radius 2 is 2.00 bits per heavy atom. The molecule has 0 aliphatic carbocycles. The molecular weight excluding hydrogens is 290 g/mol. The maximum absolute atomic E-state index is 12.5. The van der Waals surface area contributed by atoms with Gasteiger partial charge >= 0.3 is 5.97 Å². The Morgan fingerprint density at radius 1 is 1.42 bits per heavy atom. The maximum Gasteiger partial charge on any atom is 0.318 e. The van der Waals surface area contributed by atoms with E-state index >= 15 is 0 Å². The summed E-state index contributed by atoms with van der Waals surface area (Å²) in [4.78, 5) is 10.8. The van der Waals surface area contributed by atoms with Crippen LogP contribution in [0.15, 0.2) is 29.2 Å². The standard InChI is InChI=1S/C12H16ClNO4S/c1-3-9(2)14(8-12(15)16)19(17,18)11-7-5-4-6-10(11)13/h4-7,9H,3,8H2,1-2H3,(H,15,16). The molecule has 0 amide bonds. The Morgan fingerprint density at radius 3 is 2.47 bits per heavy atom. The molecule has 0 aromatic heterocycles. The quantitative estimate of drug-likeness (QED) is 0.874. The Hall–Kier alpha value is -1.11. The van der Waals surface area contributed by atoms with Crippen LogP contribution in [0.4, 0.5) is 0 Å². The van der Waals surface area contributed by atoms with E-state index in [2.05, 4.69) is 0 Å². The van der Waals surface area contributed by atoms with E-state index in [-0.39, 0.29) is 9.92 Å². The zero-order valence-corrected chi connectivity index (χ0v) is 12.3. The topological polar surface area (TPSA) is 74.7 Å². The second kappa shape index (κ2) is 6.36. The SMILES string of the molecule is CCC(C)N(CC(=O)O)S(=O)(=O)c1ccccc1Cl. The van der Waals surface area contributed by atoms with E-state index in [4.69, 9.17) is 16.7 Å². The average Bonchev–Trinajstić information content (AvgIpc) is 2.35. The summed E-state index contributed by atoms with van der Waals surface area (Å²) in [5.41, 5.74) is 0. The fourth-order valence-electron chi connectivity index (χ4n) is 1.59. The van der Waals surface area contributed by atoms with E-state index in [1.54, 1.807) is 26.0 Å². The Labute approximate surface area is 117 Å². The van der Waals surface area contributed by atoms with Crippen molar-refractivity contribution in [3.05, 3.63) is 29.3 Å². The minimum Gasteiger partial charge on any atom is -0.480 e. The molecule has 1 unspecified atom stereocenters. The number of carbonyl (C=O) groups is 1. The van der Waals surface area contributed by atoms with Crippen LogP contribution in [0.5, 0.6) is 0 Å². The molecule has 1 atom stereocenters. The fraction of sp³-hybridized carbons (Fsp3) is 0.417. The third-order valence-electron chi connectivity index (χ3n) is 2.80. The molecule has 0 aliphatic rings. The highest BCUT2D eigenvalue weighted by Gasteiger charge is 2.31. The number of nitrogens with zero attached hydrogens (tertiary/aromatic N) is 1. The highest BCUT2D eigenvalue weighted by Crippen LogP contribution is 2.26. The van der Waals surface area contributed by atoms with Crippen molar-refractivity contribution in [2.45, 2.75) is 31.2 Å². The summed E-state index contributed by atoms with van der Waals surface area (Å²) in [6.45, 7) is 2.88. The highest BCUT2D eigenvalue weighted by atomic mass is 35.5. The van der Waals surface area contributed by atoms with Crippen molar-refractivity contribution in [3.63, 3.8) is 0 Å². The van der Waals surface area contributed by atoms with Crippen molar-refractivity contribution >= 4 is 27.6 Å². The smallest absolute Gasteiger partial charge is 0.318 e. The number of aliphatic carboxylic acids is 1. The Balaban J connectivity index is 3.27. The first kappa shape index (κ1) is 15.9. The molecule has 0 spiro atoms. The number of benzene rings is 1. The Bertz CT molecular complexity index is 559. The van der Waals surface area contributed by atoms with Gasteiger partial charge in [-0.25, -0.2) is 8.42 Å². The monoisotopic (exact) mass is 305 g/mol. The number of carboxylic acids is 1. The number of carboxylic acid groups (broad SMARTS) is 1. The first-order valence-corrected chi connectivity index (χ1v) is 7.60. The van der Waals surface area contributed by atoms with Gasteiger partial charge in [-0.15, -0.1) is 0 Å². The van der Waals surface area contributed by atoms with Gasteiger partial charge in [0.15, 0.2) is 0 Å². The highest BCUT2D eigenvalue weighted by molar-refractivity contribution is 7.89. The molecular formula is C12H16ClNO4S. The average molecular weight is 306 g/mol. The molecule has 1 rings (SSSR count). The van der Waals surface area contributed by atoms with Crippen LogP contribution in [0.25, 0.3) is 0 Å². The molecule has 0 heterocycles. The third-order valence-corrected chi connectivity index (χ3v) is 5.26. The number of sulfonamides is 1.